The standard InChI is InChI=1S/C12H5BrClF3N2O/c13-7-2-9(17)10(3-8(7)16)19-12(20)6-1-5(15)4-18-11(6)14/h1-4H,(H,19,20). The van der Waals surface area contributed by atoms with Crippen LogP contribution in [0, 0.1) is 17.5 Å². The van der Waals surface area contributed by atoms with E-state index in [1.807, 2.05) is 0 Å². The zero-order chi connectivity index (χ0) is 14.9. The molecule has 0 spiro atoms. The van der Waals surface area contributed by atoms with Gasteiger partial charge in [-0.05, 0) is 28.1 Å². The number of rotatable bonds is 2. The summed E-state index contributed by atoms with van der Waals surface area (Å²) in [5.41, 5.74) is -0.676. The molecular formula is C12H5BrClF3N2O. The molecule has 0 saturated heterocycles. The average molecular weight is 366 g/mol. The van der Waals surface area contributed by atoms with Gasteiger partial charge < -0.3 is 5.32 Å². The molecule has 0 atom stereocenters. The third-order valence-electron chi connectivity index (χ3n) is 2.31. The van der Waals surface area contributed by atoms with Gasteiger partial charge in [-0.1, -0.05) is 11.6 Å². The molecule has 0 saturated carbocycles. The second-order valence-corrected chi connectivity index (χ2v) is 4.90. The minimum Gasteiger partial charge on any atom is -0.319 e. The van der Waals surface area contributed by atoms with Crippen LogP contribution in [0.3, 0.4) is 0 Å². The van der Waals surface area contributed by atoms with Crippen LogP contribution in [0.25, 0.3) is 0 Å². The van der Waals surface area contributed by atoms with E-state index < -0.39 is 29.0 Å². The Morgan fingerprint density at radius 2 is 1.90 bits per heavy atom. The second-order valence-electron chi connectivity index (χ2n) is 3.69. The Kier molecular flexibility index (Phi) is 4.29. The Morgan fingerprint density at radius 1 is 1.20 bits per heavy atom. The maximum Gasteiger partial charge on any atom is 0.258 e. The van der Waals surface area contributed by atoms with Gasteiger partial charge in [-0.2, -0.15) is 0 Å². The van der Waals surface area contributed by atoms with Crippen molar-refractivity contribution in [1.29, 1.82) is 0 Å². The molecule has 2 rings (SSSR count). The number of hydrogen-bond donors (Lipinski definition) is 1. The molecule has 1 heterocycles. The summed E-state index contributed by atoms with van der Waals surface area (Å²) in [6.07, 6.45) is 0.832. The number of pyridine rings is 1. The Balaban J connectivity index is 2.32. The molecule has 2 aromatic rings. The fourth-order valence-corrected chi connectivity index (χ4v) is 1.89. The molecular weight excluding hydrogens is 360 g/mol. The van der Waals surface area contributed by atoms with Crippen LogP contribution >= 0.6 is 27.5 Å². The Labute approximate surface area is 124 Å². The SMILES string of the molecule is O=C(Nc1cc(F)c(Br)cc1F)c1cc(F)cnc1Cl. The predicted molar refractivity (Wildman–Crippen MR) is 71.2 cm³/mol. The molecule has 0 aliphatic rings. The number of halogens is 5. The summed E-state index contributed by atoms with van der Waals surface area (Å²) in [7, 11) is 0. The minimum atomic E-state index is -0.900. The van der Waals surface area contributed by atoms with E-state index in [4.69, 9.17) is 11.6 Å². The molecule has 20 heavy (non-hydrogen) atoms. The van der Waals surface area contributed by atoms with Crippen molar-refractivity contribution in [3.8, 4) is 0 Å². The maximum absolute atomic E-state index is 13.6. The number of benzene rings is 1. The molecule has 104 valence electrons. The summed E-state index contributed by atoms with van der Waals surface area (Å²) in [5, 5.41) is 1.85. The van der Waals surface area contributed by atoms with Crippen LogP contribution in [0.2, 0.25) is 5.15 Å². The van der Waals surface area contributed by atoms with E-state index >= 15 is 0 Å². The van der Waals surface area contributed by atoms with Crippen molar-refractivity contribution in [2.45, 2.75) is 0 Å². The monoisotopic (exact) mass is 364 g/mol. The number of amides is 1. The van der Waals surface area contributed by atoms with E-state index in [2.05, 4.69) is 26.2 Å². The fourth-order valence-electron chi connectivity index (χ4n) is 1.39. The van der Waals surface area contributed by atoms with Gasteiger partial charge in [-0.15, -0.1) is 0 Å². The first-order valence-electron chi connectivity index (χ1n) is 5.15. The van der Waals surface area contributed by atoms with Gasteiger partial charge in [0.15, 0.2) is 0 Å². The first-order chi connectivity index (χ1) is 9.38. The molecule has 1 amide bonds. The van der Waals surface area contributed by atoms with Crippen LogP contribution in [-0.4, -0.2) is 10.9 Å². The third-order valence-corrected chi connectivity index (χ3v) is 3.22. The number of anilines is 1. The van der Waals surface area contributed by atoms with E-state index in [-0.39, 0.29) is 15.2 Å². The summed E-state index contributed by atoms with van der Waals surface area (Å²) < 4.78 is 39.8. The Hall–Kier alpha value is -1.60. The molecule has 1 aromatic carbocycles. The van der Waals surface area contributed by atoms with Gasteiger partial charge in [-0.3, -0.25) is 4.79 Å². The van der Waals surface area contributed by atoms with Crippen molar-refractivity contribution in [2.24, 2.45) is 0 Å². The summed E-state index contributed by atoms with van der Waals surface area (Å²) in [5.74, 6) is -3.29. The van der Waals surface area contributed by atoms with Gasteiger partial charge >= 0.3 is 0 Å². The molecule has 0 unspecified atom stereocenters. The number of aromatic nitrogens is 1. The van der Waals surface area contributed by atoms with Crippen LogP contribution in [0.5, 0.6) is 0 Å². The van der Waals surface area contributed by atoms with Crippen LogP contribution in [0.1, 0.15) is 10.4 Å². The largest absolute Gasteiger partial charge is 0.319 e. The smallest absolute Gasteiger partial charge is 0.258 e. The Morgan fingerprint density at radius 3 is 2.60 bits per heavy atom. The van der Waals surface area contributed by atoms with Crippen molar-refractivity contribution < 1.29 is 18.0 Å². The van der Waals surface area contributed by atoms with Gasteiger partial charge in [0.05, 0.1) is 21.9 Å². The van der Waals surface area contributed by atoms with Crippen LogP contribution in [-0.2, 0) is 0 Å². The Bertz CT molecular complexity index is 697. The molecule has 1 N–H and O–H groups in total. The number of carbonyl (C=O) groups excluding carboxylic acids is 1. The summed E-state index contributed by atoms with van der Waals surface area (Å²) >= 11 is 8.44. The van der Waals surface area contributed by atoms with E-state index in [0.29, 0.717) is 0 Å². The van der Waals surface area contributed by atoms with Crippen LogP contribution in [0.15, 0.2) is 28.9 Å². The quantitative estimate of drug-likeness (QED) is 0.641. The number of carbonyl (C=O) groups is 1. The van der Waals surface area contributed by atoms with Gasteiger partial charge in [0.25, 0.3) is 5.91 Å². The van der Waals surface area contributed by atoms with E-state index in [1.54, 1.807) is 0 Å². The third kappa shape index (κ3) is 3.10. The van der Waals surface area contributed by atoms with E-state index in [9.17, 15) is 18.0 Å². The molecule has 0 aliphatic carbocycles. The number of nitrogens with zero attached hydrogens (tertiary/aromatic N) is 1. The zero-order valence-electron chi connectivity index (χ0n) is 9.55. The number of hydrogen-bond acceptors (Lipinski definition) is 2. The highest BCUT2D eigenvalue weighted by molar-refractivity contribution is 9.10. The zero-order valence-corrected chi connectivity index (χ0v) is 11.9. The van der Waals surface area contributed by atoms with E-state index in [0.717, 1.165) is 24.4 Å². The lowest BCUT2D eigenvalue weighted by molar-refractivity contribution is 0.102. The molecule has 0 bridgehead atoms. The van der Waals surface area contributed by atoms with Crippen molar-refractivity contribution in [2.75, 3.05) is 5.32 Å². The highest BCUT2D eigenvalue weighted by Gasteiger charge is 2.16. The maximum atomic E-state index is 13.6. The summed E-state index contributed by atoms with van der Waals surface area (Å²) in [6.45, 7) is 0. The van der Waals surface area contributed by atoms with Crippen molar-refractivity contribution in [1.82, 2.24) is 4.98 Å². The highest BCUT2D eigenvalue weighted by atomic mass is 79.9. The summed E-state index contributed by atoms with van der Waals surface area (Å²) in [6, 6.07) is 2.49. The summed E-state index contributed by atoms with van der Waals surface area (Å²) in [4.78, 5) is 15.3. The topological polar surface area (TPSA) is 42.0 Å². The van der Waals surface area contributed by atoms with Crippen LogP contribution < -0.4 is 5.32 Å². The van der Waals surface area contributed by atoms with Gasteiger partial charge in [-0.25, -0.2) is 18.2 Å². The molecule has 3 nitrogen and oxygen atoms in total. The van der Waals surface area contributed by atoms with E-state index in [1.165, 1.54) is 0 Å². The fraction of sp³-hybridized carbons (Fsp3) is 0. The minimum absolute atomic E-state index is 0.0848. The normalized spacial score (nSPS) is 10.4. The number of nitrogens with one attached hydrogen (secondary N) is 1. The lowest BCUT2D eigenvalue weighted by Gasteiger charge is -2.08. The average Bonchev–Trinajstić information content (AvgIpc) is 2.38. The predicted octanol–water partition coefficient (Wildman–Crippen LogP) is 4.17. The molecule has 0 aliphatic heterocycles. The molecule has 1 aromatic heterocycles. The van der Waals surface area contributed by atoms with Crippen molar-refractivity contribution in [3.05, 3.63) is 57.0 Å². The lowest BCUT2D eigenvalue weighted by atomic mass is 10.2. The highest BCUT2D eigenvalue weighted by Crippen LogP contribution is 2.24. The lowest BCUT2D eigenvalue weighted by Crippen LogP contribution is -2.14. The molecule has 0 fully saturated rings. The van der Waals surface area contributed by atoms with Crippen molar-refractivity contribution in [3.63, 3.8) is 0 Å². The van der Waals surface area contributed by atoms with Gasteiger partial charge in [0.1, 0.15) is 22.6 Å². The van der Waals surface area contributed by atoms with Gasteiger partial charge in [0.2, 0.25) is 0 Å². The molecule has 8 heteroatoms. The van der Waals surface area contributed by atoms with Gasteiger partial charge in [0, 0.05) is 6.07 Å². The second kappa shape index (κ2) is 5.80. The van der Waals surface area contributed by atoms with Crippen molar-refractivity contribution >= 4 is 39.1 Å². The first kappa shape index (κ1) is 14.8. The molecule has 0 radical (unpaired) electrons. The van der Waals surface area contributed by atoms with Crippen LogP contribution in [0.4, 0.5) is 18.9 Å². The first-order valence-corrected chi connectivity index (χ1v) is 6.32.